The van der Waals surface area contributed by atoms with Gasteiger partial charge in [-0.05, 0) is 61.8 Å². The Morgan fingerprint density at radius 2 is 2.04 bits per heavy atom. The number of rotatable bonds is 4. The highest BCUT2D eigenvalue weighted by Gasteiger charge is 2.50. The Kier molecular flexibility index (Phi) is 5.09. The number of ether oxygens (including phenoxy) is 2. The molecule has 1 heterocycles. The molecular weight excluding hydrogens is 358 g/mol. The number of benzene rings is 1. The Labute approximate surface area is 146 Å². The van der Waals surface area contributed by atoms with Crippen LogP contribution in [0.5, 0.6) is 0 Å². The van der Waals surface area contributed by atoms with Crippen molar-refractivity contribution in [3.05, 3.63) is 34.3 Å². The van der Waals surface area contributed by atoms with Gasteiger partial charge in [0.1, 0.15) is 6.61 Å². The Hall–Kier alpha value is -0.910. The second-order valence-corrected chi connectivity index (χ2v) is 7.74. The van der Waals surface area contributed by atoms with Crippen LogP contribution in [-0.2, 0) is 19.9 Å². The highest BCUT2D eigenvalue weighted by molar-refractivity contribution is 9.10. The lowest BCUT2D eigenvalue weighted by molar-refractivity contribution is -0.154. The molecule has 0 bridgehead atoms. The number of piperidine rings is 1. The highest BCUT2D eigenvalue weighted by atomic mass is 79.9. The minimum atomic E-state index is -0.381. The van der Waals surface area contributed by atoms with E-state index in [0.29, 0.717) is 5.41 Å². The monoisotopic (exact) mass is 381 g/mol. The van der Waals surface area contributed by atoms with E-state index in [4.69, 9.17) is 9.47 Å². The summed E-state index contributed by atoms with van der Waals surface area (Å²) < 4.78 is 12.0. The number of carbonyl (C=O) groups is 1. The van der Waals surface area contributed by atoms with Gasteiger partial charge in [0.2, 0.25) is 0 Å². The summed E-state index contributed by atoms with van der Waals surface area (Å²) >= 11 is 3.49. The molecular formula is C18H24BrNO3. The largest absolute Gasteiger partial charge is 0.467 e. The molecule has 5 heteroatoms. The van der Waals surface area contributed by atoms with E-state index in [9.17, 15) is 4.79 Å². The van der Waals surface area contributed by atoms with E-state index >= 15 is 0 Å². The molecule has 4 nitrogen and oxygen atoms in total. The Bertz CT molecular complexity index is 554. The van der Waals surface area contributed by atoms with Gasteiger partial charge in [0.25, 0.3) is 0 Å². The van der Waals surface area contributed by atoms with Gasteiger partial charge in [0.15, 0.2) is 0 Å². The van der Waals surface area contributed by atoms with Crippen LogP contribution < -0.4 is 5.32 Å². The molecule has 1 spiro atoms. The van der Waals surface area contributed by atoms with E-state index < -0.39 is 0 Å². The lowest BCUT2D eigenvalue weighted by atomic mass is 9.77. The molecule has 1 aliphatic heterocycles. The molecule has 1 aromatic rings. The maximum absolute atomic E-state index is 11.6. The molecule has 2 aliphatic rings. The summed E-state index contributed by atoms with van der Waals surface area (Å²) in [5, 5.41) is 3.54. The molecule has 126 valence electrons. The first-order valence-corrected chi connectivity index (χ1v) is 9.04. The van der Waals surface area contributed by atoms with Crippen LogP contribution in [0.15, 0.2) is 28.7 Å². The fourth-order valence-corrected chi connectivity index (χ4v) is 4.37. The van der Waals surface area contributed by atoms with Crippen molar-refractivity contribution in [1.82, 2.24) is 5.32 Å². The first kappa shape index (κ1) is 16.9. The van der Waals surface area contributed by atoms with Gasteiger partial charge in [0.05, 0.1) is 12.7 Å². The first-order valence-electron chi connectivity index (χ1n) is 8.25. The normalized spacial score (nSPS) is 30.5. The Morgan fingerprint density at radius 3 is 2.70 bits per heavy atom. The van der Waals surface area contributed by atoms with Gasteiger partial charge < -0.3 is 14.8 Å². The molecule has 23 heavy (non-hydrogen) atoms. The van der Waals surface area contributed by atoms with Crippen LogP contribution in [-0.4, -0.2) is 32.8 Å². The zero-order valence-corrected chi connectivity index (χ0v) is 15.2. The predicted molar refractivity (Wildman–Crippen MR) is 92.2 cm³/mol. The van der Waals surface area contributed by atoms with Gasteiger partial charge in [-0.25, -0.2) is 4.79 Å². The smallest absolute Gasteiger partial charge is 0.331 e. The number of halogens is 1. The van der Waals surface area contributed by atoms with Crippen LogP contribution >= 0.6 is 15.9 Å². The third-order valence-electron chi connectivity index (χ3n) is 5.34. The van der Waals surface area contributed by atoms with Gasteiger partial charge in [-0.1, -0.05) is 28.1 Å². The zero-order valence-electron chi connectivity index (χ0n) is 13.6. The minimum absolute atomic E-state index is 0.00999. The molecule has 2 atom stereocenters. The van der Waals surface area contributed by atoms with Crippen LogP contribution in [0.2, 0.25) is 0 Å². The summed E-state index contributed by atoms with van der Waals surface area (Å²) in [7, 11) is 1.40. The fraction of sp³-hybridized carbons (Fsp3) is 0.611. The van der Waals surface area contributed by atoms with E-state index in [1.54, 1.807) is 0 Å². The van der Waals surface area contributed by atoms with Crippen LogP contribution in [0.4, 0.5) is 0 Å². The van der Waals surface area contributed by atoms with Gasteiger partial charge in [-0.3, -0.25) is 0 Å². The van der Waals surface area contributed by atoms with Crippen LogP contribution in [0.1, 0.15) is 37.7 Å². The molecule has 1 saturated heterocycles. The summed E-state index contributed by atoms with van der Waals surface area (Å²) in [6.45, 7) is 2.17. The molecule has 0 radical (unpaired) electrons. The topological polar surface area (TPSA) is 47.6 Å². The van der Waals surface area contributed by atoms with E-state index in [2.05, 4.69) is 33.4 Å². The second kappa shape index (κ2) is 6.91. The number of nitrogens with one attached hydrogen (secondary N) is 1. The van der Waals surface area contributed by atoms with Crippen LogP contribution in [0.25, 0.3) is 0 Å². The average Bonchev–Trinajstić information content (AvgIpc) is 2.93. The molecule has 1 N–H and O–H groups in total. The predicted octanol–water partition coefficient (Wildman–Crippen LogP) is 3.39. The molecule has 2 fully saturated rings. The minimum Gasteiger partial charge on any atom is -0.467 e. The molecule has 0 amide bonds. The molecule has 1 aliphatic carbocycles. The van der Waals surface area contributed by atoms with Crippen molar-refractivity contribution < 1.29 is 14.3 Å². The number of esters is 1. The third-order valence-corrected chi connectivity index (χ3v) is 5.87. The summed E-state index contributed by atoms with van der Waals surface area (Å²) in [4.78, 5) is 11.6. The molecule has 2 unspecified atom stereocenters. The number of hydrogen-bond donors (Lipinski definition) is 1. The third kappa shape index (κ3) is 3.62. The quantitative estimate of drug-likeness (QED) is 0.812. The summed E-state index contributed by atoms with van der Waals surface area (Å²) in [6, 6.07) is 8.30. The summed E-state index contributed by atoms with van der Waals surface area (Å²) in [5.74, 6) is -0.316. The van der Waals surface area contributed by atoms with E-state index in [-0.39, 0.29) is 18.2 Å². The zero-order chi connectivity index (χ0) is 16.3. The molecule has 3 rings (SSSR count). The lowest BCUT2D eigenvalue weighted by Crippen LogP contribution is -2.40. The van der Waals surface area contributed by atoms with E-state index in [1.807, 2.05) is 12.1 Å². The van der Waals surface area contributed by atoms with Crippen LogP contribution in [0, 0.1) is 5.41 Å². The second-order valence-electron chi connectivity index (χ2n) is 6.82. The van der Waals surface area contributed by atoms with Crippen molar-refractivity contribution in [3.8, 4) is 0 Å². The Balaban J connectivity index is 1.85. The van der Waals surface area contributed by atoms with Gasteiger partial charge in [0, 0.05) is 11.0 Å². The standard InChI is InChI=1S/C18H24BrNO3/c1-22-16(21)11-23-18(14-3-5-15(19)6-4-14)9-8-17(12-18)7-2-10-20-13-17/h3-6,20H,2,7-13H2,1H3. The number of carbonyl (C=O) groups excluding carboxylic acids is 1. The van der Waals surface area contributed by atoms with Gasteiger partial charge in [-0.2, -0.15) is 0 Å². The highest BCUT2D eigenvalue weighted by Crippen LogP contribution is 2.54. The summed E-state index contributed by atoms with van der Waals surface area (Å²) in [6.07, 6.45) is 5.50. The maximum atomic E-state index is 11.6. The fourth-order valence-electron chi connectivity index (χ4n) is 4.11. The van der Waals surface area contributed by atoms with Gasteiger partial charge >= 0.3 is 5.97 Å². The van der Waals surface area contributed by atoms with Crippen molar-refractivity contribution >= 4 is 21.9 Å². The molecule has 1 saturated carbocycles. The van der Waals surface area contributed by atoms with Crippen LogP contribution in [0.3, 0.4) is 0 Å². The SMILES string of the molecule is COC(=O)COC1(c2ccc(Br)cc2)CCC2(CCCNC2)C1. The number of methoxy groups -OCH3 is 1. The summed E-state index contributed by atoms with van der Waals surface area (Å²) in [5.41, 5.74) is 1.07. The van der Waals surface area contributed by atoms with Crippen molar-refractivity contribution in [3.63, 3.8) is 0 Å². The number of hydrogen-bond acceptors (Lipinski definition) is 4. The molecule has 0 aromatic heterocycles. The van der Waals surface area contributed by atoms with E-state index in [0.717, 1.165) is 42.4 Å². The average molecular weight is 382 g/mol. The van der Waals surface area contributed by atoms with Gasteiger partial charge in [-0.15, -0.1) is 0 Å². The van der Waals surface area contributed by atoms with Crippen molar-refractivity contribution in [1.29, 1.82) is 0 Å². The van der Waals surface area contributed by atoms with Crippen molar-refractivity contribution in [2.45, 2.75) is 37.7 Å². The van der Waals surface area contributed by atoms with E-state index in [1.165, 1.54) is 20.0 Å². The lowest BCUT2D eigenvalue weighted by Gasteiger charge is -2.37. The first-order chi connectivity index (χ1) is 11.1. The van der Waals surface area contributed by atoms with Crippen molar-refractivity contribution in [2.24, 2.45) is 5.41 Å². The maximum Gasteiger partial charge on any atom is 0.331 e. The Morgan fingerprint density at radius 1 is 1.26 bits per heavy atom. The molecule has 1 aromatic carbocycles. The van der Waals surface area contributed by atoms with Crippen molar-refractivity contribution in [2.75, 3.05) is 26.8 Å².